The number of hydrogen-bond donors (Lipinski definition) is 0. The van der Waals surface area contributed by atoms with Crippen LogP contribution < -0.4 is 0 Å². The van der Waals surface area contributed by atoms with Crippen LogP contribution in [0.2, 0.25) is 0 Å². The van der Waals surface area contributed by atoms with Gasteiger partial charge in [-0.25, -0.2) is 4.98 Å². The fraction of sp³-hybridized carbons (Fsp3) is 0.333. The summed E-state index contributed by atoms with van der Waals surface area (Å²) in [5.41, 5.74) is 1.83. The summed E-state index contributed by atoms with van der Waals surface area (Å²) in [6.07, 6.45) is 9.78. The van der Waals surface area contributed by atoms with Crippen LogP contribution in [0.3, 0.4) is 0 Å². The topological polar surface area (TPSA) is 63.9 Å². The van der Waals surface area contributed by atoms with Gasteiger partial charge < -0.3 is 9.47 Å². The molecule has 4 heterocycles. The molecule has 138 valence electrons. The summed E-state index contributed by atoms with van der Waals surface area (Å²) in [6, 6.07) is 11.6. The number of carbonyl (C=O) groups excluding carboxylic acids is 1. The molecule has 1 fully saturated rings. The van der Waals surface area contributed by atoms with E-state index in [0.717, 1.165) is 36.6 Å². The van der Waals surface area contributed by atoms with Gasteiger partial charge in [0.25, 0.3) is 0 Å². The number of carbonyl (C=O) groups is 1. The molecule has 1 unspecified atom stereocenters. The first-order valence-corrected chi connectivity index (χ1v) is 9.38. The van der Waals surface area contributed by atoms with Gasteiger partial charge in [0.15, 0.2) is 0 Å². The maximum absolute atomic E-state index is 12.7. The highest BCUT2D eigenvalue weighted by atomic mass is 16.2. The number of likely N-dealkylation sites (tertiary alicyclic amines) is 1. The van der Waals surface area contributed by atoms with Crippen LogP contribution in [-0.4, -0.2) is 43.4 Å². The molecule has 3 aromatic heterocycles. The summed E-state index contributed by atoms with van der Waals surface area (Å²) >= 11 is 0. The highest BCUT2D eigenvalue weighted by Gasteiger charge is 2.27. The summed E-state index contributed by atoms with van der Waals surface area (Å²) in [6.45, 7) is 2.22. The SMILES string of the molecule is O=C(Cc1ccccn1)N1CCCC(c2nccn2Cc2ccccn2)C1. The minimum Gasteiger partial charge on any atom is -0.342 e. The normalized spacial score (nSPS) is 17.0. The molecule has 0 radical (unpaired) electrons. The zero-order valence-electron chi connectivity index (χ0n) is 15.2. The van der Waals surface area contributed by atoms with Gasteiger partial charge in [-0.15, -0.1) is 0 Å². The van der Waals surface area contributed by atoms with Gasteiger partial charge in [0.05, 0.1) is 18.7 Å². The van der Waals surface area contributed by atoms with E-state index in [1.165, 1.54) is 0 Å². The van der Waals surface area contributed by atoms with Gasteiger partial charge in [0, 0.05) is 49.5 Å². The predicted molar refractivity (Wildman–Crippen MR) is 102 cm³/mol. The van der Waals surface area contributed by atoms with Crippen molar-refractivity contribution in [1.29, 1.82) is 0 Å². The van der Waals surface area contributed by atoms with Crippen molar-refractivity contribution in [1.82, 2.24) is 24.4 Å². The van der Waals surface area contributed by atoms with E-state index >= 15 is 0 Å². The Labute approximate surface area is 158 Å². The Balaban J connectivity index is 1.44. The Bertz CT molecular complexity index is 878. The molecule has 1 aliphatic rings. The van der Waals surface area contributed by atoms with Crippen molar-refractivity contribution >= 4 is 5.91 Å². The van der Waals surface area contributed by atoms with E-state index in [2.05, 4.69) is 19.5 Å². The van der Waals surface area contributed by atoms with Crippen molar-refractivity contribution in [2.45, 2.75) is 31.7 Å². The summed E-state index contributed by atoms with van der Waals surface area (Å²) in [5, 5.41) is 0. The minimum atomic E-state index is 0.140. The monoisotopic (exact) mass is 361 g/mol. The number of nitrogens with zero attached hydrogens (tertiary/aromatic N) is 5. The van der Waals surface area contributed by atoms with E-state index in [1.807, 2.05) is 59.9 Å². The summed E-state index contributed by atoms with van der Waals surface area (Å²) in [4.78, 5) is 27.9. The first kappa shape index (κ1) is 17.4. The molecule has 1 atom stereocenters. The zero-order chi connectivity index (χ0) is 18.5. The molecule has 4 rings (SSSR count). The van der Waals surface area contributed by atoms with Crippen LogP contribution in [0.1, 0.15) is 36.0 Å². The smallest absolute Gasteiger partial charge is 0.228 e. The molecule has 1 saturated heterocycles. The molecule has 1 aliphatic heterocycles. The van der Waals surface area contributed by atoms with E-state index in [1.54, 1.807) is 6.20 Å². The Morgan fingerprint density at radius 2 is 1.78 bits per heavy atom. The highest BCUT2D eigenvalue weighted by Crippen LogP contribution is 2.26. The average Bonchev–Trinajstić information content (AvgIpc) is 3.18. The minimum absolute atomic E-state index is 0.140. The molecule has 0 spiro atoms. The quantitative estimate of drug-likeness (QED) is 0.701. The third-order valence-corrected chi connectivity index (χ3v) is 5.00. The Hall–Kier alpha value is -3.02. The fourth-order valence-corrected chi connectivity index (χ4v) is 3.66. The second-order valence-electron chi connectivity index (χ2n) is 6.91. The molecule has 0 N–H and O–H groups in total. The number of hydrogen-bond acceptors (Lipinski definition) is 4. The molecule has 0 bridgehead atoms. The molecule has 6 nitrogen and oxygen atoms in total. The van der Waals surface area contributed by atoms with Crippen LogP contribution in [-0.2, 0) is 17.8 Å². The average molecular weight is 361 g/mol. The van der Waals surface area contributed by atoms with Crippen molar-refractivity contribution in [2.24, 2.45) is 0 Å². The lowest BCUT2D eigenvalue weighted by Crippen LogP contribution is -2.40. The van der Waals surface area contributed by atoms with Crippen LogP contribution in [0.5, 0.6) is 0 Å². The number of pyridine rings is 2. The van der Waals surface area contributed by atoms with E-state index in [4.69, 9.17) is 0 Å². The van der Waals surface area contributed by atoms with Gasteiger partial charge in [-0.05, 0) is 37.1 Å². The molecule has 6 heteroatoms. The number of amides is 1. The van der Waals surface area contributed by atoms with Crippen molar-refractivity contribution < 1.29 is 4.79 Å². The molecule has 0 aliphatic carbocycles. The number of imidazole rings is 1. The first-order valence-electron chi connectivity index (χ1n) is 9.38. The van der Waals surface area contributed by atoms with E-state index < -0.39 is 0 Å². The largest absolute Gasteiger partial charge is 0.342 e. The van der Waals surface area contributed by atoms with Crippen LogP contribution in [0.25, 0.3) is 0 Å². The first-order chi connectivity index (χ1) is 13.3. The standard InChI is InChI=1S/C21H23N5O/c27-20(14-18-7-1-3-9-22-18)25-12-5-6-17(15-25)21-24-11-13-26(21)16-19-8-2-4-10-23-19/h1-4,7-11,13,17H,5-6,12,14-16H2. The Kier molecular flexibility index (Phi) is 5.23. The number of rotatable bonds is 5. The lowest BCUT2D eigenvalue weighted by molar-refractivity contribution is -0.131. The van der Waals surface area contributed by atoms with Gasteiger partial charge in [-0.3, -0.25) is 14.8 Å². The van der Waals surface area contributed by atoms with E-state index in [0.29, 0.717) is 19.5 Å². The van der Waals surface area contributed by atoms with Crippen molar-refractivity contribution in [3.8, 4) is 0 Å². The molecular formula is C21H23N5O. The van der Waals surface area contributed by atoms with Gasteiger partial charge in [0.1, 0.15) is 5.82 Å². The van der Waals surface area contributed by atoms with Gasteiger partial charge in [-0.1, -0.05) is 12.1 Å². The summed E-state index contributed by atoms with van der Waals surface area (Å²) in [5.74, 6) is 1.43. The van der Waals surface area contributed by atoms with Crippen LogP contribution in [0, 0.1) is 0 Å². The number of aromatic nitrogens is 4. The van der Waals surface area contributed by atoms with E-state index in [9.17, 15) is 4.79 Å². The van der Waals surface area contributed by atoms with Crippen LogP contribution in [0.4, 0.5) is 0 Å². The number of piperidine rings is 1. The Morgan fingerprint density at radius 1 is 1.00 bits per heavy atom. The van der Waals surface area contributed by atoms with E-state index in [-0.39, 0.29) is 11.8 Å². The van der Waals surface area contributed by atoms with Crippen molar-refractivity contribution in [3.05, 3.63) is 78.4 Å². The Morgan fingerprint density at radius 3 is 2.52 bits per heavy atom. The zero-order valence-corrected chi connectivity index (χ0v) is 15.2. The molecule has 27 heavy (non-hydrogen) atoms. The second kappa shape index (κ2) is 8.12. The molecule has 3 aromatic rings. The van der Waals surface area contributed by atoms with Gasteiger partial charge in [0.2, 0.25) is 5.91 Å². The lowest BCUT2D eigenvalue weighted by atomic mass is 9.96. The molecule has 1 amide bonds. The van der Waals surface area contributed by atoms with Crippen LogP contribution in [0.15, 0.2) is 61.2 Å². The third-order valence-electron chi connectivity index (χ3n) is 5.00. The molecular weight excluding hydrogens is 338 g/mol. The third kappa shape index (κ3) is 4.22. The van der Waals surface area contributed by atoms with Gasteiger partial charge >= 0.3 is 0 Å². The highest BCUT2D eigenvalue weighted by molar-refractivity contribution is 5.78. The van der Waals surface area contributed by atoms with Crippen molar-refractivity contribution in [3.63, 3.8) is 0 Å². The predicted octanol–water partition coefficient (Wildman–Crippen LogP) is 2.67. The van der Waals surface area contributed by atoms with Crippen molar-refractivity contribution in [2.75, 3.05) is 13.1 Å². The fourth-order valence-electron chi connectivity index (χ4n) is 3.66. The maximum Gasteiger partial charge on any atom is 0.228 e. The summed E-state index contributed by atoms with van der Waals surface area (Å²) in [7, 11) is 0. The molecule has 0 saturated carbocycles. The molecule has 0 aromatic carbocycles. The summed E-state index contributed by atoms with van der Waals surface area (Å²) < 4.78 is 2.15. The second-order valence-corrected chi connectivity index (χ2v) is 6.91. The lowest BCUT2D eigenvalue weighted by Gasteiger charge is -2.32. The van der Waals surface area contributed by atoms with Gasteiger partial charge in [-0.2, -0.15) is 0 Å². The van der Waals surface area contributed by atoms with Crippen LogP contribution >= 0.6 is 0 Å². The maximum atomic E-state index is 12.7.